The number of amides is 1. The van der Waals surface area contributed by atoms with E-state index in [2.05, 4.69) is 6.58 Å². The maximum absolute atomic E-state index is 12.1. The molecule has 0 aliphatic heterocycles. The van der Waals surface area contributed by atoms with Crippen LogP contribution in [0.25, 0.3) is 0 Å². The second-order valence-electron chi connectivity index (χ2n) is 4.90. The first kappa shape index (κ1) is 17.1. The minimum absolute atomic E-state index is 0.143. The summed E-state index contributed by atoms with van der Waals surface area (Å²) in [5.41, 5.74) is 0.990. The summed E-state index contributed by atoms with van der Waals surface area (Å²) in [7, 11) is 5.07. The molecule has 1 amide bonds. The fourth-order valence-electron chi connectivity index (χ4n) is 2.18. The van der Waals surface area contributed by atoms with E-state index in [9.17, 15) is 4.79 Å². The Labute approximate surface area is 127 Å². The molecule has 21 heavy (non-hydrogen) atoms. The number of unbranched alkanes of at least 4 members (excludes halogenated alkanes) is 1. The Morgan fingerprint density at radius 3 is 2.71 bits per heavy atom. The third-order valence-electron chi connectivity index (χ3n) is 3.42. The van der Waals surface area contributed by atoms with Crippen LogP contribution in [0.1, 0.15) is 24.8 Å². The summed E-state index contributed by atoms with van der Waals surface area (Å²) >= 11 is 0. The number of rotatable bonds is 9. The minimum Gasteiger partial charge on any atom is -0.493 e. The Balaban J connectivity index is 2.58. The van der Waals surface area contributed by atoms with Gasteiger partial charge in [0.05, 0.1) is 14.2 Å². The molecular weight excluding hydrogens is 266 g/mol. The van der Waals surface area contributed by atoms with Crippen molar-refractivity contribution in [3.8, 4) is 11.5 Å². The predicted molar refractivity (Wildman–Crippen MR) is 84.9 cm³/mol. The van der Waals surface area contributed by atoms with Gasteiger partial charge in [-0.25, -0.2) is 0 Å². The van der Waals surface area contributed by atoms with Gasteiger partial charge in [0.15, 0.2) is 11.5 Å². The van der Waals surface area contributed by atoms with E-state index in [1.165, 1.54) is 0 Å². The lowest BCUT2D eigenvalue weighted by Gasteiger charge is -2.17. The van der Waals surface area contributed by atoms with Crippen LogP contribution in [0.15, 0.2) is 30.9 Å². The number of ether oxygens (including phenoxy) is 2. The topological polar surface area (TPSA) is 38.8 Å². The van der Waals surface area contributed by atoms with Crippen LogP contribution < -0.4 is 9.47 Å². The summed E-state index contributed by atoms with van der Waals surface area (Å²) in [6, 6.07) is 5.73. The van der Waals surface area contributed by atoms with E-state index in [4.69, 9.17) is 9.47 Å². The SMILES string of the molecule is C=CCCCN(C)C(=O)CCc1cccc(OC)c1OC. The standard InChI is InChI=1S/C17H25NO3/c1-5-6-7-13-18(2)16(19)12-11-14-9-8-10-15(20-3)17(14)21-4/h5,8-10H,1,6-7,11-13H2,2-4H3. The Bertz CT molecular complexity index is 471. The lowest BCUT2D eigenvalue weighted by atomic mass is 10.1. The molecule has 0 aliphatic carbocycles. The van der Waals surface area contributed by atoms with Crippen LogP contribution >= 0.6 is 0 Å². The lowest BCUT2D eigenvalue weighted by molar-refractivity contribution is -0.129. The number of hydrogen-bond acceptors (Lipinski definition) is 3. The summed E-state index contributed by atoms with van der Waals surface area (Å²) < 4.78 is 10.6. The number of methoxy groups -OCH3 is 2. The van der Waals surface area contributed by atoms with Gasteiger partial charge in [-0.2, -0.15) is 0 Å². The van der Waals surface area contributed by atoms with Crippen LogP contribution in [-0.4, -0.2) is 38.6 Å². The van der Waals surface area contributed by atoms with E-state index in [0.29, 0.717) is 24.3 Å². The van der Waals surface area contributed by atoms with E-state index >= 15 is 0 Å². The summed E-state index contributed by atoms with van der Waals surface area (Å²) in [5.74, 6) is 1.55. The van der Waals surface area contributed by atoms with E-state index in [1.54, 1.807) is 19.1 Å². The third-order valence-corrected chi connectivity index (χ3v) is 3.42. The van der Waals surface area contributed by atoms with E-state index < -0.39 is 0 Å². The molecule has 116 valence electrons. The summed E-state index contributed by atoms with van der Waals surface area (Å²) in [6.45, 7) is 4.45. The molecule has 0 heterocycles. The highest BCUT2D eigenvalue weighted by Gasteiger charge is 2.13. The number of carbonyl (C=O) groups excluding carboxylic acids is 1. The number of aryl methyl sites for hydroxylation is 1. The van der Waals surface area contributed by atoms with Crippen LogP contribution in [0, 0.1) is 0 Å². The summed E-state index contributed by atoms with van der Waals surface area (Å²) in [4.78, 5) is 13.9. The van der Waals surface area contributed by atoms with Gasteiger partial charge in [-0.1, -0.05) is 18.2 Å². The summed E-state index contributed by atoms with van der Waals surface area (Å²) in [5, 5.41) is 0. The van der Waals surface area contributed by atoms with Crippen molar-refractivity contribution in [2.45, 2.75) is 25.7 Å². The van der Waals surface area contributed by atoms with E-state index in [1.807, 2.05) is 31.3 Å². The van der Waals surface area contributed by atoms with E-state index in [-0.39, 0.29) is 5.91 Å². The van der Waals surface area contributed by atoms with Gasteiger partial charge in [0.2, 0.25) is 5.91 Å². The molecule has 0 fully saturated rings. The van der Waals surface area contributed by atoms with Crippen LogP contribution in [-0.2, 0) is 11.2 Å². The van der Waals surface area contributed by atoms with Crippen molar-refractivity contribution in [3.63, 3.8) is 0 Å². The second kappa shape index (κ2) is 9.06. The minimum atomic E-state index is 0.143. The maximum Gasteiger partial charge on any atom is 0.222 e. The zero-order chi connectivity index (χ0) is 15.7. The molecule has 4 heteroatoms. The monoisotopic (exact) mass is 291 g/mol. The zero-order valence-electron chi connectivity index (χ0n) is 13.2. The van der Waals surface area contributed by atoms with Gasteiger partial charge in [0.1, 0.15) is 0 Å². The van der Waals surface area contributed by atoms with Crippen LogP contribution in [0.3, 0.4) is 0 Å². The van der Waals surface area contributed by atoms with Crippen LogP contribution in [0.4, 0.5) is 0 Å². The Kier molecular flexibility index (Phi) is 7.37. The first-order chi connectivity index (χ1) is 10.1. The predicted octanol–water partition coefficient (Wildman–Crippen LogP) is 3.06. The van der Waals surface area contributed by atoms with Gasteiger partial charge in [-0.05, 0) is 30.9 Å². The molecule has 0 aromatic heterocycles. The van der Waals surface area contributed by atoms with Crippen molar-refractivity contribution >= 4 is 5.91 Å². The van der Waals surface area contributed by atoms with Crippen molar-refractivity contribution in [1.82, 2.24) is 4.90 Å². The number of para-hydroxylation sites is 1. The van der Waals surface area contributed by atoms with Gasteiger partial charge in [0.25, 0.3) is 0 Å². The average molecular weight is 291 g/mol. The molecule has 0 aliphatic rings. The number of nitrogens with zero attached hydrogens (tertiary/aromatic N) is 1. The third kappa shape index (κ3) is 5.14. The van der Waals surface area contributed by atoms with Gasteiger partial charge in [-0.15, -0.1) is 6.58 Å². The van der Waals surface area contributed by atoms with Crippen molar-refractivity contribution in [3.05, 3.63) is 36.4 Å². The molecule has 0 radical (unpaired) electrons. The van der Waals surface area contributed by atoms with Crippen molar-refractivity contribution in [1.29, 1.82) is 0 Å². The molecular formula is C17H25NO3. The molecule has 0 bridgehead atoms. The molecule has 0 atom stereocenters. The Morgan fingerprint density at radius 2 is 2.10 bits per heavy atom. The fraction of sp³-hybridized carbons (Fsp3) is 0.471. The molecule has 1 rings (SSSR count). The van der Waals surface area contributed by atoms with Gasteiger partial charge in [0, 0.05) is 20.0 Å². The summed E-state index contributed by atoms with van der Waals surface area (Å²) in [6.07, 6.45) is 4.87. The van der Waals surface area contributed by atoms with Gasteiger partial charge in [-0.3, -0.25) is 4.79 Å². The Hall–Kier alpha value is -1.97. The highest BCUT2D eigenvalue weighted by Crippen LogP contribution is 2.31. The fourth-order valence-corrected chi connectivity index (χ4v) is 2.18. The molecule has 1 aromatic carbocycles. The number of carbonyl (C=O) groups is 1. The first-order valence-electron chi connectivity index (χ1n) is 7.18. The molecule has 0 saturated heterocycles. The second-order valence-corrected chi connectivity index (χ2v) is 4.90. The maximum atomic E-state index is 12.1. The zero-order valence-corrected chi connectivity index (χ0v) is 13.2. The average Bonchev–Trinajstić information content (AvgIpc) is 2.51. The molecule has 4 nitrogen and oxygen atoms in total. The number of benzene rings is 1. The van der Waals surface area contributed by atoms with Crippen LogP contribution in [0.5, 0.6) is 11.5 Å². The molecule has 0 saturated carbocycles. The molecule has 0 spiro atoms. The highest BCUT2D eigenvalue weighted by molar-refractivity contribution is 5.76. The smallest absolute Gasteiger partial charge is 0.222 e. The quantitative estimate of drug-likeness (QED) is 0.518. The highest BCUT2D eigenvalue weighted by atomic mass is 16.5. The first-order valence-corrected chi connectivity index (χ1v) is 7.18. The van der Waals surface area contributed by atoms with Gasteiger partial charge >= 0.3 is 0 Å². The molecule has 1 aromatic rings. The normalized spacial score (nSPS) is 10.0. The van der Waals surface area contributed by atoms with E-state index in [0.717, 1.165) is 24.9 Å². The number of allylic oxidation sites excluding steroid dienone is 1. The lowest BCUT2D eigenvalue weighted by Crippen LogP contribution is -2.27. The Morgan fingerprint density at radius 1 is 1.33 bits per heavy atom. The van der Waals surface area contributed by atoms with Crippen LogP contribution in [0.2, 0.25) is 0 Å². The number of hydrogen-bond donors (Lipinski definition) is 0. The van der Waals surface area contributed by atoms with Crippen molar-refractivity contribution in [2.24, 2.45) is 0 Å². The molecule has 0 unspecified atom stereocenters. The molecule has 0 N–H and O–H groups in total. The van der Waals surface area contributed by atoms with Gasteiger partial charge < -0.3 is 14.4 Å². The largest absolute Gasteiger partial charge is 0.493 e. The van der Waals surface area contributed by atoms with Crippen molar-refractivity contribution < 1.29 is 14.3 Å². The van der Waals surface area contributed by atoms with Crippen molar-refractivity contribution in [2.75, 3.05) is 27.8 Å².